The van der Waals surface area contributed by atoms with Crippen LogP contribution in [0.2, 0.25) is 0 Å². The van der Waals surface area contributed by atoms with E-state index in [2.05, 4.69) is 219 Å². The Labute approximate surface area is 314 Å². The Hall–Kier alpha value is -6.44. The van der Waals surface area contributed by atoms with Gasteiger partial charge in [0.2, 0.25) is 0 Å². The van der Waals surface area contributed by atoms with Gasteiger partial charge in [0.15, 0.2) is 0 Å². The maximum atomic E-state index is 2.43. The molecule has 0 aromatic heterocycles. The number of nitrogens with zero attached hydrogens (tertiary/aromatic N) is 1. The minimum absolute atomic E-state index is 0.960. The third kappa shape index (κ3) is 7.47. The minimum atomic E-state index is 0.960. The summed E-state index contributed by atoms with van der Waals surface area (Å²) in [6.07, 6.45) is 8.85. The van der Waals surface area contributed by atoms with E-state index < -0.39 is 0 Å². The molecule has 1 aliphatic carbocycles. The first-order chi connectivity index (χ1) is 26.1. The molecule has 0 N–H and O–H groups in total. The van der Waals surface area contributed by atoms with Gasteiger partial charge in [-0.3, -0.25) is 0 Å². The lowest BCUT2D eigenvalue weighted by atomic mass is 9.89. The first-order valence-electron chi connectivity index (χ1n) is 18.6. The first-order valence-corrected chi connectivity index (χ1v) is 18.6. The van der Waals surface area contributed by atoms with E-state index in [1.165, 1.54) is 72.5 Å². The van der Waals surface area contributed by atoms with Gasteiger partial charge in [0.05, 0.1) is 0 Å². The van der Waals surface area contributed by atoms with E-state index in [9.17, 15) is 0 Å². The zero-order valence-corrected chi connectivity index (χ0v) is 30.4. The highest BCUT2D eigenvalue weighted by Crippen LogP contribution is 2.39. The van der Waals surface area contributed by atoms with Crippen LogP contribution in [0.3, 0.4) is 0 Å². The molecule has 1 nitrogen and oxygen atoms in total. The average Bonchev–Trinajstić information content (AvgIpc) is 3.23. The minimum Gasteiger partial charge on any atom is -0.314 e. The molecule has 8 rings (SSSR count). The van der Waals surface area contributed by atoms with Crippen molar-refractivity contribution >= 4 is 28.6 Å². The molecule has 7 aromatic rings. The van der Waals surface area contributed by atoms with Crippen LogP contribution in [0.15, 0.2) is 200 Å². The molecule has 1 heteroatoms. The van der Waals surface area contributed by atoms with Crippen LogP contribution in [0.4, 0.5) is 11.4 Å². The molecule has 0 radical (unpaired) electrons. The summed E-state index contributed by atoms with van der Waals surface area (Å²) in [5.41, 5.74) is 18.6. The summed E-state index contributed by atoms with van der Waals surface area (Å²) < 4.78 is 0. The smallest absolute Gasteiger partial charge is 0.0458 e. The van der Waals surface area contributed by atoms with Crippen molar-refractivity contribution in [3.05, 3.63) is 222 Å². The number of rotatable bonds is 9. The quantitative estimate of drug-likeness (QED) is 0.137. The second kappa shape index (κ2) is 15.4. The molecule has 0 spiro atoms. The first kappa shape index (κ1) is 33.7. The molecule has 0 bridgehead atoms. The van der Waals surface area contributed by atoms with Gasteiger partial charge >= 0.3 is 0 Å². The largest absolute Gasteiger partial charge is 0.314 e. The Morgan fingerprint density at radius 1 is 0.472 bits per heavy atom. The van der Waals surface area contributed by atoms with Crippen molar-refractivity contribution in [3.63, 3.8) is 0 Å². The number of anilines is 2. The lowest BCUT2D eigenvalue weighted by molar-refractivity contribution is 0.930. The summed E-state index contributed by atoms with van der Waals surface area (Å²) in [6.45, 7) is 4.43. The molecular weight excluding hydrogens is 639 g/mol. The van der Waals surface area contributed by atoms with Gasteiger partial charge in [-0.2, -0.15) is 0 Å². The highest BCUT2D eigenvalue weighted by atomic mass is 15.1. The molecule has 1 aliphatic rings. The van der Waals surface area contributed by atoms with E-state index in [1.807, 2.05) is 0 Å². The molecule has 0 unspecified atom stereocenters. The molecule has 0 saturated carbocycles. The summed E-state index contributed by atoms with van der Waals surface area (Å²) in [6, 6.07) is 65.7. The zero-order chi connectivity index (χ0) is 36.0. The molecule has 0 heterocycles. The third-order valence-corrected chi connectivity index (χ3v) is 10.3. The molecule has 0 atom stereocenters. The summed E-state index contributed by atoms with van der Waals surface area (Å²) in [5.74, 6) is 0. The van der Waals surface area contributed by atoms with Crippen molar-refractivity contribution in [1.29, 1.82) is 0 Å². The molecule has 0 amide bonds. The SMILES string of the molecule is CC(=Cc1ccccc1)c1ccccc1-c1cc(-c2ccc(N(C3=CC=C(c4ccccc4)CC3)c3ccc(-c4ccccc4)cc3)cc2)ccc1C. The second-order valence-electron chi connectivity index (χ2n) is 13.8. The second-order valence-corrected chi connectivity index (χ2v) is 13.8. The van der Waals surface area contributed by atoms with Crippen molar-refractivity contribution < 1.29 is 0 Å². The summed E-state index contributed by atoms with van der Waals surface area (Å²) >= 11 is 0. The van der Waals surface area contributed by atoms with Crippen LogP contribution >= 0.6 is 0 Å². The van der Waals surface area contributed by atoms with Crippen molar-refractivity contribution in [3.8, 4) is 33.4 Å². The molecular formula is C52H43N. The fraction of sp³-hybridized carbons (Fsp3) is 0.0769. The van der Waals surface area contributed by atoms with E-state index in [0.717, 1.165) is 24.2 Å². The van der Waals surface area contributed by atoms with E-state index in [1.54, 1.807) is 0 Å². The number of hydrogen-bond donors (Lipinski definition) is 0. The third-order valence-electron chi connectivity index (χ3n) is 10.3. The Balaban J connectivity index is 1.13. The number of hydrogen-bond acceptors (Lipinski definition) is 1. The molecule has 7 aromatic carbocycles. The fourth-order valence-electron chi connectivity index (χ4n) is 7.45. The van der Waals surface area contributed by atoms with Gasteiger partial charge in [0.25, 0.3) is 0 Å². The summed E-state index contributed by atoms with van der Waals surface area (Å²) in [5, 5.41) is 0. The highest BCUT2D eigenvalue weighted by Gasteiger charge is 2.19. The lowest BCUT2D eigenvalue weighted by Crippen LogP contribution is -2.17. The van der Waals surface area contributed by atoms with Gasteiger partial charge in [0, 0.05) is 17.1 Å². The van der Waals surface area contributed by atoms with Crippen molar-refractivity contribution in [2.45, 2.75) is 26.7 Å². The van der Waals surface area contributed by atoms with E-state index in [4.69, 9.17) is 0 Å². The normalized spacial score (nSPS) is 12.9. The predicted molar refractivity (Wildman–Crippen MR) is 228 cm³/mol. The van der Waals surface area contributed by atoms with Crippen LogP contribution in [0, 0.1) is 6.92 Å². The van der Waals surface area contributed by atoms with Gasteiger partial charge in [0.1, 0.15) is 0 Å². The maximum Gasteiger partial charge on any atom is 0.0458 e. The Kier molecular flexibility index (Phi) is 9.81. The molecule has 0 saturated heterocycles. The molecule has 0 aliphatic heterocycles. The van der Waals surface area contributed by atoms with Gasteiger partial charge in [-0.25, -0.2) is 0 Å². The van der Waals surface area contributed by atoms with Crippen molar-refractivity contribution in [2.24, 2.45) is 0 Å². The number of benzene rings is 7. The van der Waals surface area contributed by atoms with E-state index in [-0.39, 0.29) is 0 Å². The van der Waals surface area contributed by atoms with E-state index in [0.29, 0.717) is 0 Å². The standard InChI is InChI=1S/C52H43N/c1-38-22-23-46(37-52(38)51-21-13-12-20-50(51)39(2)36-40-14-6-3-7-15-40)45-28-34-49(35-29-45)53(47-30-24-43(25-31-47)41-16-8-4-9-17-41)48-32-26-44(27-33-48)42-18-10-5-11-19-42/h3-26,28-32,34-37H,27,33H2,1-2H3. The van der Waals surface area contributed by atoms with Crippen molar-refractivity contribution in [2.75, 3.05) is 4.90 Å². The van der Waals surface area contributed by atoms with Crippen LogP contribution in [0.25, 0.3) is 50.6 Å². The van der Waals surface area contributed by atoms with Crippen LogP contribution in [0.5, 0.6) is 0 Å². The lowest BCUT2D eigenvalue weighted by Gasteiger charge is -2.30. The van der Waals surface area contributed by atoms with Gasteiger partial charge < -0.3 is 4.90 Å². The zero-order valence-electron chi connectivity index (χ0n) is 30.4. The number of allylic oxidation sites excluding steroid dienone is 5. The van der Waals surface area contributed by atoms with Crippen molar-refractivity contribution in [1.82, 2.24) is 0 Å². The average molecular weight is 682 g/mol. The van der Waals surface area contributed by atoms with E-state index >= 15 is 0 Å². The topological polar surface area (TPSA) is 3.24 Å². The summed E-state index contributed by atoms with van der Waals surface area (Å²) in [7, 11) is 0. The maximum absolute atomic E-state index is 2.43. The highest BCUT2D eigenvalue weighted by molar-refractivity contribution is 5.90. The Bertz CT molecular complexity index is 2410. The molecule has 0 fully saturated rings. The monoisotopic (exact) mass is 681 g/mol. The van der Waals surface area contributed by atoms with Crippen LogP contribution in [0.1, 0.15) is 42.0 Å². The number of aryl methyl sites for hydroxylation is 1. The van der Waals surface area contributed by atoms with Gasteiger partial charge in [-0.1, -0.05) is 164 Å². The van der Waals surface area contributed by atoms with Gasteiger partial charge in [-0.15, -0.1) is 0 Å². The van der Waals surface area contributed by atoms with Crippen LogP contribution in [-0.2, 0) is 0 Å². The Morgan fingerprint density at radius 3 is 1.62 bits per heavy atom. The van der Waals surface area contributed by atoms with Crippen LogP contribution < -0.4 is 4.90 Å². The van der Waals surface area contributed by atoms with Crippen LogP contribution in [-0.4, -0.2) is 0 Å². The summed E-state index contributed by atoms with van der Waals surface area (Å²) in [4.78, 5) is 2.43. The predicted octanol–water partition coefficient (Wildman–Crippen LogP) is 14.5. The Morgan fingerprint density at radius 2 is 1.00 bits per heavy atom. The molecule has 256 valence electrons. The van der Waals surface area contributed by atoms with Gasteiger partial charge in [-0.05, 0) is 130 Å². The molecule has 53 heavy (non-hydrogen) atoms. The fourth-order valence-corrected chi connectivity index (χ4v) is 7.45.